The van der Waals surface area contributed by atoms with E-state index in [0.717, 1.165) is 12.3 Å². The number of benzene rings is 1. The van der Waals surface area contributed by atoms with Crippen LogP contribution < -0.4 is 14.8 Å². The number of aromatic nitrogens is 1. The third kappa shape index (κ3) is 7.82. The highest BCUT2D eigenvalue weighted by Gasteiger charge is 2.12. The summed E-state index contributed by atoms with van der Waals surface area (Å²) in [6.07, 6.45) is 1.57. The highest BCUT2D eigenvalue weighted by Crippen LogP contribution is 2.29. The summed E-state index contributed by atoms with van der Waals surface area (Å²) in [7, 11) is 4.63. The number of nitrogens with one attached hydrogen (secondary N) is 1. The normalized spacial score (nSPS) is 10.1. The number of hydrazone groups is 1. The Morgan fingerprint density at radius 2 is 1.83 bits per heavy atom. The summed E-state index contributed by atoms with van der Waals surface area (Å²) in [6, 6.07) is 4.91. The SMILES string of the molecule is C=NC.COc1cc(NCN(Cc2cc(F)cc(F)c2)/N=C\C=O)c(C)nc1OC. The molecule has 0 saturated carbocycles. The second kappa shape index (κ2) is 12.8. The molecule has 0 aliphatic heterocycles. The predicted octanol–water partition coefficient (Wildman–Crippen LogP) is 3.06. The largest absolute Gasteiger partial charge is 0.491 e. The molecular weight excluding hydrogens is 396 g/mol. The van der Waals surface area contributed by atoms with Crippen LogP contribution in [0, 0.1) is 18.6 Å². The van der Waals surface area contributed by atoms with Gasteiger partial charge in [0, 0.05) is 19.2 Å². The predicted molar refractivity (Wildman–Crippen MR) is 112 cm³/mol. The molecule has 0 atom stereocenters. The van der Waals surface area contributed by atoms with Gasteiger partial charge in [-0.3, -0.25) is 9.80 Å². The van der Waals surface area contributed by atoms with E-state index in [4.69, 9.17) is 9.47 Å². The molecule has 2 rings (SSSR count). The maximum Gasteiger partial charge on any atom is 0.257 e. The van der Waals surface area contributed by atoms with E-state index in [2.05, 4.69) is 27.1 Å². The van der Waals surface area contributed by atoms with Gasteiger partial charge in [-0.2, -0.15) is 5.10 Å². The first-order chi connectivity index (χ1) is 14.4. The Morgan fingerprint density at radius 3 is 2.37 bits per heavy atom. The number of hydrogen-bond acceptors (Lipinski definition) is 8. The molecule has 2 aromatic rings. The van der Waals surface area contributed by atoms with Crippen LogP contribution in [0.15, 0.2) is 34.4 Å². The van der Waals surface area contributed by atoms with Crippen LogP contribution in [-0.4, -0.2) is 57.1 Å². The summed E-state index contributed by atoms with van der Waals surface area (Å²) in [5.41, 5.74) is 1.69. The van der Waals surface area contributed by atoms with E-state index in [-0.39, 0.29) is 13.2 Å². The van der Waals surface area contributed by atoms with Gasteiger partial charge in [0.2, 0.25) is 0 Å². The number of aliphatic imine (C=N–C) groups is 1. The van der Waals surface area contributed by atoms with E-state index in [0.29, 0.717) is 34.9 Å². The van der Waals surface area contributed by atoms with Crippen molar-refractivity contribution in [1.29, 1.82) is 0 Å². The van der Waals surface area contributed by atoms with Crippen LogP contribution in [0.1, 0.15) is 11.3 Å². The van der Waals surface area contributed by atoms with Gasteiger partial charge < -0.3 is 19.8 Å². The zero-order valence-corrected chi connectivity index (χ0v) is 17.4. The van der Waals surface area contributed by atoms with Crippen LogP contribution in [0.25, 0.3) is 0 Å². The number of carbonyl (C=O) groups excluding carboxylic acids is 1. The number of aryl methyl sites for hydroxylation is 1. The Morgan fingerprint density at radius 1 is 1.20 bits per heavy atom. The topological polar surface area (TPSA) is 88.4 Å². The van der Waals surface area contributed by atoms with Crippen LogP contribution in [0.3, 0.4) is 0 Å². The molecule has 0 radical (unpaired) electrons. The Kier molecular flexibility index (Phi) is 10.5. The summed E-state index contributed by atoms with van der Waals surface area (Å²) in [5, 5.41) is 8.53. The first kappa shape index (κ1) is 24.5. The zero-order chi connectivity index (χ0) is 22.5. The number of hydrogen-bond donors (Lipinski definition) is 1. The number of pyridine rings is 1. The average Bonchev–Trinajstić information content (AvgIpc) is 2.70. The molecule has 0 saturated heterocycles. The van der Waals surface area contributed by atoms with Gasteiger partial charge in [-0.1, -0.05) is 0 Å². The van der Waals surface area contributed by atoms with Gasteiger partial charge in [0.05, 0.1) is 38.4 Å². The summed E-state index contributed by atoms with van der Waals surface area (Å²) in [6.45, 7) is 5.14. The number of ether oxygens (including phenoxy) is 2. The van der Waals surface area contributed by atoms with E-state index in [1.807, 2.05) is 0 Å². The van der Waals surface area contributed by atoms with Crippen molar-refractivity contribution in [1.82, 2.24) is 9.99 Å². The average molecular weight is 421 g/mol. The molecular formula is C20H25F2N5O3. The van der Waals surface area contributed by atoms with Gasteiger partial charge in [-0.15, -0.1) is 0 Å². The molecule has 1 heterocycles. The molecule has 0 unspecified atom stereocenters. The van der Waals surface area contributed by atoms with Crippen molar-refractivity contribution in [3.8, 4) is 11.6 Å². The smallest absolute Gasteiger partial charge is 0.257 e. The van der Waals surface area contributed by atoms with E-state index >= 15 is 0 Å². The molecule has 0 bridgehead atoms. The Bertz CT molecular complexity index is 858. The lowest BCUT2D eigenvalue weighted by Crippen LogP contribution is -2.25. The molecule has 1 N–H and O–H groups in total. The van der Waals surface area contributed by atoms with Gasteiger partial charge in [0.15, 0.2) is 12.0 Å². The van der Waals surface area contributed by atoms with Gasteiger partial charge in [-0.05, 0) is 31.3 Å². The molecule has 0 fully saturated rings. The van der Waals surface area contributed by atoms with Crippen LogP contribution in [-0.2, 0) is 11.3 Å². The molecule has 1 aromatic carbocycles. The molecule has 10 heteroatoms. The third-order valence-corrected chi connectivity index (χ3v) is 3.59. The van der Waals surface area contributed by atoms with Gasteiger partial charge >= 0.3 is 0 Å². The van der Waals surface area contributed by atoms with E-state index in [1.54, 1.807) is 20.0 Å². The molecule has 0 aliphatic carbocycles. The number of methoxy groups -OCH3 is 2. The Balaban J connectivity index is 0.00000141. The maximum absolute atomic E-state index is 13.4. The van der Waals surface area contributed by atoms with Crippen molar-refractivity contribution in [3.05, 3.63) is 47.2 Å². The molecule has 0 amide bonds. The number of nitrogens with zero attached hydrogens (tertiary/aromatic N) is 4. The van der Waals surface area contributed by atoms with Gasteiger partial charge in [0.25, 0.3) is 5.88 Å². The van der Waals surface area contributed by atoms with Gasteiger partial charge in [-0.25, -0.2) is 13.8 Å². The minimum absolute atomic E-state index is 0.0891. The molecule has 8 nitrogen and oxygen atoms in total. The van der Waals surface area contributed by atoms with Crippen molar-refractivity contribution >= 4 is 24.9 Å². The number of anilines is 1. The van der Waals surface area contributed by atoms with Crippen molar-refractivity contribution in [3.63, 3.8) is 0 Å². The number of carbonyl (C=O) groups is 1. The molecule has 30 heavy (non-hydrogen) atoms. The monoisotopic (exact) mass is 421 g/mol. The standard InChI is InChI=1S/C18H20F2N4O3.C2H5N/c1-12-16(9-17(26-2)18(23-12)27-3)21-11-24(22-4-5-25)10-13-6-14(19)8-15(20)7-13;1-3-2/h4-9,21H,10-11H2,1-3H3;1H2,2H3/b22-4-;. The summed E-state index contributed by atoms with van der Waals surface area (Å²) < 4.78 is 37.1. The maximum atomic E-state index is 13.4. The van der Waals surface area contributed by atoms with E-state index in [9.17, 15) is 13.6 Å². The highest BCUT2D eigenvalue weighted by molar-refractivity contribution is 6.12. The molecule has 0 spiro atoms. The van der Waals surface area contributed by atoms with Crippen molar-refractivity contribution < 1.29 is 23.0 Å². The van der Waals surface area contributed by atoms with Crippen molar-refractivity contribution in [2.45, 2.75) is 13.5 Å². The Labute approximate surface area is 174 Å². The number of rotatable bonds is 9. The lowest BCUT2D eigenvalue weighted by molar-refractivity contribution is -0.102. The quantitative estimate of drug-likeness (QED) is 0.290. The highest BCUT2D eigenvalue weighted by atomic mass is 19.1. The number of aldehydes is 1. The minimum Gasteiger partial charge on any atom is -0.491 e. The van der Waals surface area contributed by atoms with Gasteiger partial charge in [0.1, 0.15) is 18.3 Å². The zero-order valence-electron chi connectivity index (χ0n) is 17.4. The lowest BCUT2D eigenvalue weighted by atomic mass is 10.2. The van der Waals surface area contributed by atoms with Crippen molar-refractivity contribution in [2.24, 2.45) is 10.1 Å². The second-order valence-electron chi connectivity index (χ2n) is 5.83. The van der Waals surface area contributed by atoms with E-state index in [1.165, 1.54) is 31.4 Å². The summed E-state index contributed by atoms with van der Waals surface area (Å²) >= 11 is 0. The fraction of sp³-hybridized carbons (Fsp3) is 0.300. The van der Waals surface area contributed by atoms with Crippen LogP contribution >= 0.6 is 0 Å². The third-order valence-electron chi connectivity index (χ3n) is 3.59. The fourth-order valence-corrected chi connectivity index (χ4v) is 2.38. The Hall–Kier alpha value is -3.56. The second-order valence-corrected chi connectivity index (χ2v) is 5.83. The molecule has 162 valence electrons. The first-order valence-corrected chi connectivity index (χ1v) is 8.74. The fourth-order valence-electron chi connectivity index (χ4n) is 2.38. The summed E-state index contributed by atoms with van der Waals surface area (Å²) in [4.78, 5) is 18.1. The molecule has 0 aliphatic rings. The first-order valence-electron chi connectivity index (χ1n) is 8.74. The van der Waals surface area contributed by atoms with Crippen LogP contribution in [0.5, 0.6) is 11.6 Å². The van der Waals surface area contributed by atoms with E-state index < -0.39 is 11.6 Å². The van der Waals surface area contributed by atoms with Crippen LogP contribution in [0.4, 0.5) is 14.5 Å². The number of halogens is 2. The van der Waals surface area contributed by atoms with Crippen molar-refractivity contribution in [2.75, 3.05) is 33.3 Å². The van der Waals surface area contributed by atoms with Crippen LogP contribution in [0.2, 0.25) is 0 Å². The lowest BCUT2D eigenvalue weighted by Gasteiger charge is -2.21. The summed E-state index contributed by atoms with van der Waals surface area (Å²) in [5.74, 6) is -0.568. The molecule has 1 aromatic heterocycles. The minimum atomic E-state index is -0.683.